The molecule has 1 aromatic carbocycles. The van der Waals surface area contributed by atoms with Crippen molar-refractivity contribution in [3.8, 4) is 0 Å². The van der Waals surface area contributed by atoms with E-state index in [2.05, 4.69) is 35.7 Å². The lowest BCUT2D eigenvalue weighted by Crippen LogP contribution is -2.36. The summed E-state index contributed by atoms with van der Waals surface area (Å²) in [6.45, 7) is 1.47. The number of aromatic nitrogens is 4. The Bertz CT molecular complexity index is 1210. The molecule has 2 aromatic heterocycles. The van der Waals surface area contributed by atoms with Crippen molar-refractivity contribution in [1.82, 2.24) is 20.2 Å². The van der Waals surface area contributed by atoms with Crippen LogP contribution in [0.3, 0.4) is 0 Å². The minimum absolute atomic E-state index is 0.0162. The molecule has 1 aliphatic heterocycles. The average molecular weight is 471 g/mol. The fourth-order valence-electron chi connectivity index (χ4n) is 3.25. The topological polar surface area (TPSA) is 125 Å². The Labute approximate surface area is 181 Å². The van der Waals surface area contributed by atoms with Crippen LogP contribution in [0, 0.1) is 0 Å². The van der Waals surface area contributed by atoms with Crippen LogP contribution in [0.25, 0.3) is 11.0 Å². The van der Waals surface area contributed by atoms with E-state index in [4.69, 9.17) is 4.74 Å². The predicted molar refractivity (Wildman–Crippen MR) is 112 cm³/mol. The minimum atomic E-state index is -4.53. The minimum Gasteiger partial charge on any atom is -0.378 e. The number of aromatic amines is 1. The molecule has 1 fully saturated rings. The molecule has 3 N–H and O–H groups in total. The molecule has 1 saturated heterocycles. The van der Waals surface area contributed by atoms with Crippen LogP contribution in [0.4, 0.5) is 36.3 Å². The maximum atomic E-state index is 12.8. The first kappa shape index (κ1) is 22.1. The second-order valence-corrected chi connectivity index (χ2v) is 9.09. The van der Waals surface area contributed by atoms with Crippen molar-refractivity contribution in [3.05, 3.63) is 24.3 Å². The van der Waals surface area contributed by atoms with E-state index in [-0.39, 0.29) is 22.8 Å². The standard InChI is InChI=1S/C18H20F3N7O3S/c1-32(29,30)16-13-14(22-10-18(19,20)21)24-17(25-15(13)26-27-16)23-11-2-4-12(5-3-11)28-6-8-31-9-7-28/h2-5H,6-10H2,1H3,(H3,22,23,24,25,26,27). The number of hydrogen-bond acceptors (Lipinski definition) is 9. The van der Waals surface area contributed by atoms with Crippen molar-refractivity contribution in [2.75, 3.05) is 54.6 Å². The molecule has 10 nitrogen and oxygen atoms in total. The molecule has 172 valence electrons. The summed E-state index contributed by atoms with van der Waals surface area (Å²) in [6, 6.07) is 7.37. The van der Waals surface area contributed by atoms with E-state index in [1.807, 2.05) is 12.1 Å². The number of benzene rings is 1. The Balaban J connectivity index is 1.64. The predicted octanol–water partition coefficient (Wildman–Crippen LogP) is 2.31. The number of hydrogen-bond donors (Lipinski definition) is 3. The number of anilines is 4. The van der Waals surface area contributed by atoms with Gasteiger partial charge in [0.15, 0.2) is 20.5 Å². The molecule has 0 bridgehead atoms. The summed E-state index contributed by atoms with van der Waals surface area (Å²) >= 11 is 0. The normalized spacial score (nSPS) is 15.2. The van der Waals surface area contributed by atoms with Crippen LogP contribution in [0.1, 0.15) is 0 Å². The van der Waals surface area contributed by atoms with Gasteiger partial charge in [0.2, 0.25) is 5.95 Å². The summed E-state index contributed by atoms with van der Waals surface area (Å²) in [6.07, 6.45) is -3.63. The third-order valence-electron chi connectivity index (χ3n) is 4.69. The van der Waals surface area contributed by atoms with Crippen molar-refractivity contribution in [2.45, 2.75) is 11.2 Å². The molecule has 3 heterocycles. The zero-order chi connectivity index (χ0) is 22.9. The van der Waals surface area contributed by atoms with Crippen LogP contribution in [0.15, 0.2) is 29.3 Å². The fourth-order valence-corrected chi connectivity index (χ4v) is 4.02. The first-order valence-electron chi connectivity index (χ1n) is 9.57. The number of sulfone groups is 1. The maximum absolute atomic E-state index is 12.8. The van der Waals surface area contributed by atoms with Gasteiger partial charge in [0.05, 0.1) is 13.2 Å². The highest BCUT2D eigenvalue weighted by molar-refractivity contribution is 7.90. The van der Waals surface area contributed by atoms with Crippen molar-refractivity contribution >= 4 is 44.0 Å². The van der Waals surface area contributed by atoms with Gasteiger partial charge in [0.1, 0.15) is 17.7 Å². The van der Waals surface area contributed by atoms with Crippen LogP contribution in [-0.2, 0) is 14.6 Å². The van der Waals surface area contributed by atoms with Gasteiger partial charge in [-0.3, -0.25) is 5.10 Å². The maximum Gasteiger partial charge on any atom is 0.405 e. The van der Waals surface area contributed by atoms with E-state index in [0.29, 0.717) is 18.9 Å². The molecule has 0 aliphatic carbocycles. The second-order valence-electron chi connectivity index (χ2n) is 7.16. The molecule has 0 radical (unpaired) electrons. The van der Waals surface area contributed by atoms with Gasteiger partial charge in [-0.05, 0) is 24.3 Å². The van der Waals surface area contributed by atoms with E-state index in [1.165, 1.54) is 0 Å². The number of alkyl halides is 3. The van der Waals surface area contributed by atoms with E-state index < -0.39 is 27.6 Å². The first-order valence-corrected chi connectivity index (χ1v) is 11.5. The van der Waals surface area contributed by atoms with Crippen molar-refractivity contribution < 1.29 is 26.3 Å². The summed E-state index contributed by atoms with van der Waals surface area (Å²) in [7, 11) is -3.83. The van der Waals surface area contributed by atoms with Gasteiger partial charge >= 0.3 is 6.18 Å². The Hall–Kier alpha value is -3.13. The van der Waals surface area contributed by atoms with Gasteiger partial charge in [-0.1, -0.05) is 0 Å². The van der Waals surface area contributed by atoms with E-state index in [9.17, 15) is 21.6 Å². The SMILES string of the molecule is CS(=O)(=O)c1n[nH]c2nc(Nc3ccc(N4CCOCC4)cc3)nc(NCC(F)(F)F)c12. The molecular weight excluding hydrogens is 451 g/mol. The molecule has 0 saturated carbocycles. The number of nitrogens with zero attached hydrogens (tertiary/aromatic N) is 4. The lowest BCUT2D eigenvalue weighted by Gasteiger charge is -2.28. The van der Waals surface area contributed by atoms with Crippen LogP contribution in [0.5, 0.6) is 0 Å². The highest BCUT2D eigenvalue weighted by Crippen LogP contribution is 2.29. The number of morpholine rings is 1. The van der Waals surface area contributed by atoms with Crippen molar-refractivity contribution in [3.63, 3.8) is 0 Å². The molecule has 14 heteroatoms. The number of H-pyrrole nitrogens is 1. The van der Waals surface area contributed by atoms with Gasteiger partial charge < -0.3 is 20.3 Å². The van der Waals surface area contributed by atoms with Gasteiger partial charge in [-0.2, -0.15) is 28.2 Å². The van der Waals surface area contributed by atoms with Crippen LogP contribution in [-0.4, -0.2) is 73.9 Å². The number of ether oxygens (including phenoxy) is 1. The number of rotatable bonds is 6. The van der Waals surface area contributed by atoms with Gasteiger partial charge in [-0.25, -0.2) is 8.42 Å². The fraction of sp³-hybridized carbons (Fsp3) is 0.389. The Morgan fingerprint density at radius 1 is 1.16 bits per heavy atom. The molecule has 0 amide bonds. The third-order valence-corrected chi connectivity index (χ3v) is 5.69. The number of halogens is 3. The molecular formula is C18H20F3N7O3S. The molecule has 3 aromatic rings. The van der Waals surface area contributed by atoms with E-state index >= 15 is 0 Å². The molecule has 0 spiro atoms. The summed E-state index contributed by atoms with van der Waals surface area (Å²) in [5, 5.41) is 10.7. The summed E-state index contributed by atoms with van der Waals surface area (Å²) in [5.41, 5.74) is 1.60. The molecule has 0 unspecified atom stereocenters. The zero-order valence-electron chi connectivity index (χ0n) is 16.9. The van der Waals surface area contributed by atoms with Crippen molar-refractivity contribution in [2.24, 2.45) is 0 Å². The van der Waals surface area contributed by atoms with Crippen LogP contribution in [0.2, 0.25) is 0 Å². The lowest BCUT2D eigenvalue weighted by molar-refractivity contribution is -0.115. The third kappa shape index (κ3) is 5.02. The zero-order valence-corrected chi connectivity index (χ0v) is 17.7. The van der Waals surface area contributed by atoms with Crippen LogP contribution < -0.4 is 15.5 Å². The Kier molecular flexibility index (Phi) is 5.81. The largest absolute Gasteiger partial charge is 0.405 e. The smallest absolute Gasteiger partial charge is 0.378 e. The lowest BCUT2D eigenvalue weighted by atomic mass is 10.2. The summed E-state index contributed by atoms with van der Waals surface area (Å²) in [4.78, 5) is 10.4. The molecule has 1 aliphatic rings. The Morgan fingerprint density at radius 2 is 1.84 bits per heavy atom. The summed E-state index contributed by atoms with van der Waals surface area (Å²) < 4.78 is 67.6. The average Bonchev–Trinajstić information content (AvgIpc) is 3.17. The monoisotopic (exact) mass is 471 g/mol. The van der Waals surface area contributed by atoms with Crippen LogP contribution >= 0.6 is 0 Å². The number of nitrogens with one attached hydrogen (secondary N) is 3. The van der Waals surface area contributed by atoms with Gasteiger partial charge in [0, 0.05) is 30.7 Å². The number of fused-ring (bicyclic) bond motifs is 1. The molecule has 0 atom stereocenters. The van der Waals surface area contributed by atoms with Crippen molar-refractivity contribution in [1.29, 1.82) is 0 Å². The van der Waals surface area contributed by atoms with Gasteiger partial charge in [-0.15, -0.1) is 0 Å². The van der Waals surface area contributed by atoms with E-state index in [1.54, 1.807) is 12.1 Å². The molecule has 32 heavy (non-hydrogen) atoms. The molecule has 4 rings (SSSR count). The van der Waals surface area contributed by atoms with E-state index in [0.717, 1.165) is 25.0 Å². The first-order chi connectivity index (χ1) is 15.1. The highest BCUT2D eigenvalue weighted by Gasteiger charge is 2.29. The Morgan fingerprint density at radius 3 is 2.47 bits per heavy atom. The quantitative estimate of drug-likeness (QED) is 0.497. The highest BCUT2D eigenvalue weighted by atomic mass is 32.2. The van der Waals surface area contributed by atoms with Gasteiger partial charge in [0.25, 0.3) is 0 Å². The summed E-state index contributed by atoms with van der Waals surface area (Å²) in [5.74, 6) is -0.320. The second kappa shape index (κ2) is 8.43.